The molecule has 0 N–H and O–H groups in total. The van der Waals surface area contributed by atoms with Crippen LogP contribution in [0.3, 0.4) is 0 Å². The second-order valence-electron chi connectivity index (χ2n) is 14.5. The van der Waals surface area contributed by atoms with Crippen LogP contribution in [0.2, 0.25) is 0 Å². The number of carbonyl (C=O) groups is 2. The fourth-order valence-corrected chi connectivity index (χ4v) is 5.79. The molecule has 0 aliphatic carbocycles. The van der Waals surface area contributed by atoms with Crippen LogP contribution in [0.5, 0.6) is 0 Å². The number of hydrogen-bond acceptors (Lipinski definition) is 5. The van der Waals surface area contributed by atoms with Gasteiger partial charge < -0.3 is 14.2 Å². The van der Waals surface area contributed by atoms with Crippen LogP contribution in [-0.2, 0) is 23.8 Å². The highest BCUT2D eigenvalue weighted by Gasteiger charge is 2.17. The van der Waals surface area contributed by atoms with E-state index in [4.69, 9.17) is 14.2 Å². The van der Waals surface area contributed by atoms with Gasteiger partial charge in [0.1, 0.15) is 6.61 Å². The van der Waals surface area contributed by atoms with E-state index in [-0.39, 0.29) is 25.2 Å². The molecular weight excluding hydrogens is 693 g/mol. The molecule has 0 amide bonds. The molecule has 0 aromatic rings. The number of carbonyl (C=O) groups excluding carboxylic acids is 2. The van der Waals surface area contributed by atoms with Gasteiger partial charge in [-0.2, -0.15) is 0 Å². The van der Waals surface area contributed by atoms with Crippen LogP contribution in [0.4, 0.5) is 0 Å². The Bertz CT molecular complexity index is 1110. The van der Waals surface area contributed by atoms with Gasteiger partial charge in [-0.25, -0.2) is 0 Å². The summed E-state index contributed by atoms with van der Waals surface area (Å²) in [6, 6.07) is 0. The second-order valence-corrected chi connectivity index (χ2v) is 14.5. The molecule has 0 rings (SSSR count). The van der Waals surface area contributed by atoms with Crippen LogP contribution in [0.25, 0.3) is 0 Å². The van der Waals surface area contributed by atoms with Gasteiger partial charge in [-0.15, -0.1) is 0 Å². The number of rotatable bonds is 40. The summed E-state index contributed by atoms with van der Waals surface area (Å²) >= 11 is 0. The lowest BCUT2D eigenvalue weighted by Gasteiger charge is -2.18. The Morgan fingerprint density at radius 1 is 0.411 bits per heavy atom. The molecular formula is C51H84O5. The molecule has 0 aromatic heterocycles. The highest BCUT2D eigenvalue weighted by molar-refractivity contribution is 5.70. The van der Waals surface area contributed by atoms with Gasteiger partial charge in [0.25, 0.3) is 0 Å². The first-order valence-corrected chi connectivity index (χ1v) is 22.8. The average molecular weight is 777 g/mol. The van der Waals surface area contributed by atoms with E-state index in [1.54, 1.807) is 0 Å². The molecule has 0 saturated carbocycles. The zero-order valence-electron chi connectivity index (χ0n) is 36.4. The molecule has 1 atom stereocenters. The lowest BCUT2D eigenvalue weighted by atomic mass is 10.1. The number of ether oxygens (including phenoxy) is 3. The summed E-state index contributed by atoms with van der Waals surface area (Å²) in [4.78, 5) is 25.1. The zero-order chi connectivity index (χ0) is 40.7. The van der Waals surface area contributed by atoms with Gasteiger partial charge in [0.05, 0.1) is 6.61 Å². The summed E-state index contributed by atoms with van der Waals surface area (Å²) in [6.07, 6.45) is 61.4. The minimum absolute atomic E-state index is 0.0459. The number of allylic oxidation sites excluding steroid dienone is 16. The van der Waals surface area contributed by atoms with Gasteiger partial charge >= 0.3 is 11.9 Å². The minimum atomic E-state index is -0.566. The zero-order valence-corrected chi connectivity index (χ0v) is 36.4. The fourth-order valence-electron chi connectivity index (χ4n) is 5.79. The van der Waals surface area contributed by atoms with E-state index < -0.39 is 6.10 Å². The van der Waals surface area contributed by atoms with Gasteiger partial charge in [-0.3, -0.25) is 9.59 Å². The molecule has 0 aliphatic rings. The van der Waals surface area contributed by atoms with Crippen molar-refractivity contribution in [2.24, 2.45) is 0 Å². The molecule has 0 bridgehead atoms. The molecule has 0 fully saturated rings. The lowest BCUT2D eigenvalue weighted by molar-refractivity contribution is -0.163. The van der Waals surface area contributed by atoms with Crippen LogP contribution >= 0.6 is 0 Å². The molecule has 0 radical (unpaired) electrons. The van der Waals surface area contributed by atoms with Crippen LogP contribution in [-0.4, -0.2) is 37.9 Å². The average Bonchev–Trinajstić information content (AvgIpc) is 3.20. The summed E-state index contributed by atoms with van der Waals surface area (Å²) in [5, 5.41) is 0. The van der Waals surface area contributed by atoms with E-state index in [1.165, 1.54) is 51.4 Å². The summed E-state index contributed by atoms with van der Waals surface area (Å²) in [5.74, 6) is -0.485. The first-order valence-electron chi connectivity index (χ1n) is 22.8. The predicted octanol–water partition coefficient (Wildman–Crippen LogP) is 15.1. The van der Waals surface area contributed by atoms with Crippen LogP contribution in [0.1, 0.15) is 188 Å². The Morgan fingerprint density at radius 3 is 1.34 bits per heavy atom. The van der Waals surface area contributed by atoms with Crippen molar-refractivity contribution in [3.63, 3.8) is 0 Å². The molecule has 0 saturated heterocycles. The van der Waals surface area contributed by atoms with Gasteiger partial charge in [0.2, 0.25) is 0 Å². The van der Waals surface area contributed by atoms with Crippen molar-refractivity contribution in [1.29, 1.82) is 0 Å². The quantitative estimate of drug-likeness (QED) is 0.0352. The maximum Gasteiger partial charge on any atom is 0.306 e. The summed E-state index contributed by atoms with van der Waals surface area (Å²) in [5.41, 5.74) is 0. The van der Waals surface area contributed by atoms with E-state index in [9.17, 15) is 9.59 Å². The monoisotopic (exact) mass is 777 g/mol. The largest absolute Gasteiger partial charge is 0.462 e. The van der Waals surface area contributed by atoms with Crippen LogP contribution < -0.4 is 0 Å². The Hall–Kier alpha value is -3.18. The van der Waals surface area contributed by atoms with Gasteiger partial charge in [0, 0.05) is 19.4 Å². The van der Waals surface area contributed by atoms with Crippen molar-refractivity contribution in [3.8, 4) is 0 Å². The van der Waals surface area contributed by atoms with E-state index in [1.807, 2.05) is 0 Å². The molecule has 0 spiro atoms. The van der Waals surface area contributed by atoms with E-state index in [0.29, 0.717) is 19.4 Å². The predicted molar refractivity (Wildman–Crippen MR) is 242 cm³/mol. The molecule has 0 aliphatic heterocycles. The minimum Gasteiger partial charge on any atom is -0.462 e. The van der Waals surface area contributed by atoms with Crippen molar-refractivity contribution in [1.82, 2.24) is 0 Å². The summed E-state index contributed by atoms with van der Waals surface area (Å²) in [6.45, 7) is 7.46. The molecule has 1 unspecified atom stereocenters. The van der Waals surface area contributed by atoms with Gasteiger partial charge in [0.15, 0.2) is 6.10 Å². The second kappa shape index (κ2) is 46.2. The highest BCUT2D eigenvalue weighted by atomic mass is 16.6. The van der Waals surface area contributed by atoms with Crippen molar-refractivity contribution >= 4 is 11.9 Å². The van der Waals surface area contributed by atoms with E-state index in [2.05, 4.69) is 118 Å². The summed E-state index contributed by atoms with van der Waals surface area (Å²) in [7, 11) is 0. The van der Waals surface area contributed by atoms with E-state index >= 15 is 0 Å². The number of unbranched alkanes of at least 4 members (excludes halogenated alkanes) is 13. The van der Waals surface area contributed by atoms with Crippen molar-refractivity contribution in [3.05, 3.63) is 97.2 Å². The molecule has 318 valence electrons. The molecule has 0 heterocycles. The van der Waals surface area contributed by atoms with Crippen molar-refractivity contribution < 1.29 is 23.8 Å². The van der Waals surface area contributed by atoms with Crippen molar-refractivity contribution in [2.75, 3.05) is 19.8 Å². The normalized spacial score (nSPS) is 13.1. The van der Waals surface area contributed by atoms with Crippen LogP contribution in [0.15, 0.2) is 97.2 Å². The topological polar surface area (TPSA) is 61.8 Å². The lowest BCUT2D eigenvalue weighted by Crippen LogP contribution is -2.30. The maximum absolute atomic E-state index is 12.6. The van der Waals surface area contributed by atoms with Gasteiger partial charge in [-0.1, -0.05) is 182 Å². The van der Waals surface area contributed by atoms with Crippen LogP contribution in [0, 0.1) is 0 Å². The number of esters is 2. The molecule has 5 nitrogen and oxygen atoms in total. The third kappa shape index (κ3) is 43.5. The molecule has 0 aromatic carbocycles. The first kappa shape index (κ1) is 52.8. The Labute approximate surface area is 345 Å². The first-order chi connectivity index (χ1) is 27.6. The maximum atomic E-state index is 12.6. The summed E-state index contributed by atoms with van der Waals surface area (Å²) < 4.78 is 17.2. The number of hydrogen-bond donors (Lipinski definition) is 0. The Morgan fingerprint density at radius 2 is 0.821 bits per heavy atom. The Kier molecular flexibility index (Phi) is 43.6. The third-order valence-electron chi connectivity index (χ3n) is 9.12. The molecule has 5 heteroatoms. The third-order valence-corrected chi connectivity index (χ3v) is 9.12. The SMILES string of the molecule is CC/C=C\C/C=C\C/C=C\C/C=C\C/C=C\CCCC(=O)OCC(COCCCCCCCC/C=C\C/C=C\C/C=C\CC)OC(=O)CCCCCCCCC. The highest BCUT2D eigenvalue weighted by Crippen LogP contribution is 2.12. The standard InChI is InChI=1S/C51H84O5/c1-4-7-10-13-16-18-20-22-24-26-27-29-31-33-36-38-41-44-50(52)55-48-49(56-51(53)45-42-39-35-15-12-9-6-3)47-54-46-43-40-37-34-32-30-28-25-23-21-19-17-14-11-8-5-2/h7-8,10-11,16-19,22-25,27,29,33,36,49H,4-6,9,12-15,20-21,26,28,30-32,34-35,37-48H2,1-3H3/b10-7-,11-8-,18-16-,19-17-,24-22-,25-23-,29-27-,36-33-. The smallest absolute Gasteiger partial charge is 0.306 e. The van der Waals surface area contributed by atoms with Gasteiger partial charge in [-0.05, 0) is 89.9 Å². The molecule has 56 heavy (non-hydrogen) atoms. The van der Waals surface area contributed by atoms with Crippen molar-refractivity contribution in [2.45, 2.75) is 194 Å². The van der Waals surface area contributed by atoms with E-state index in [0.717, 1.165) is 103 Å². The fraction of sp³-hybridized carbons (Fsp3) is 0.647. The Balaban J connectivity index is 4.29.